The molecule has 0 atom stereocenters. The van der Waals surface area contributed by atoms with E-state index in [0.29, 0.717) is 25.0 Å². The summed E-state index contributed by atoms with van der Waals surface area (Å²) >= 11 is 0. The Balaban J connectivity index is 2.24. The van der Waals surface area contributed by atoms with Gasteiger partial charge in [0.15, 0.2) is 0 Å². The highest BCUT2D eigenvalue weighted by atomic mass is 16.3. The zero-order chi connectivity index (χ0) is 11.9. The molecule has 16 heavy (non-hydrogen) atoms. The lowest BCUT2D eigenvalue weighted by atomic mass is 10.2. The maximum absolute atomic E-state index is 9.27. The van der Waals surface area contributed by atoms with Crippen LogP contribution in [0, 0.1) is 0 Å². The van der Waals surface area contributed by atoms with Gasteiger partial charge in [-0.1, -0.05) is 13.8 Å². The van der Waals surface area contributed by atoms with Crippen LogP contribution in [0.15, 0.2) is 0 Å². The third kappa shape index (κ3) is 1.91. The SMILES string of the molecule is CC(C)c1nc(N2CC(O)C2)nn1C(C)C. The fourth-order valence-corrected chi connectivity index (χ4v) is 1.85. The minimum absolute atomic E-state index is 0.214. The van der Waals surface area contributed by atoms with Gasteiger partial charge < -0.3 is 10.0 Å². The van der Waals surface area contributed by atoms with Crippen molar-refractivity contribution in [1.29, 1.82) is 0 Å². The van der Waals surface area contributed by atoms with E-state index in [-0.39, 0.29) is 6.10 Å². The predicted octanol–water partition coefficient (Wildman–Crippen LogP) is 1.16. The Labute approximate surface area is 96.1 Å². The monoisotopic (exact) mass is 224 g/mol. The molecule has 1 N–H and O–H groups in total. The molecular weight excluding hydrogens is 204 g/mol. The molecule has 5 nitrogen and oxygen atoms in total. The largest absolute Gasteiger partial charge is 0.389 e. The Kier molecular flexibility index (Phi) is 2.88. The first-order chi connectivity index (χ1) is 7.49. The molecular formula is C11H20N4O. The van der Waals surface area contributed by atoms with Gasteiger partial charge in [0.2, 0.25) is 5.95 Å². The van der Waals surface area contributed by atoms with E-state index in [1.165, 1.54) is 0 Å². The van der Waals surface area contributed by atoms with Gasteiger partial charge in [0.05, 0.1) is 6.10 Å². The van der Waals surface area contributed by atoms with Crippen LogP contribution in [0.2, 0.25) is 0 Å². The van der Waals surface area contributed by atoms with Gasteiger partial charge in [-0.3, -0.25) is 0 Å². The van der Waals surface area contributed by atoms with Crippen LogP contribution in [-0.4, -0.2) is 39.1 Å². The van der Waals surface area contributed by atoms with Crippen molar-refractivity contribution in [3.05, 3.63) is 5.82 Å². The van der Waals surface area contributed by atoms with E-state index in [2.05, 4.69) is 37.8 Å². The van der Waals surface area contributed by atoms with E-state index < -0.39 is 0 Å². The normalized spacial score (nSPS) is 17.3. The lowest BCUT2D eigenvalue weighted by molar-refractivity contribution is 0.140. The van der Waals surface area contributed by atoms with Gasteiger partial charge in [0, 0.05) is 25.0 Å². The van der Waals surface area contributed by atoms with E-state index in [1.54, 1.807) is 0 Å². The average Bonchev–Trinajstić information content (AvgIpc) is 2.57. The van der Waals surface area contributed by atoms with Crippen LogP contribution in [0.1, 0.15) is 45.5 Å². The molecule has 1 saturated heterocycles. The standard InChI is InChI=1S/C11H20N4O/c1-7(2)10-12-11(13-15(10)8(3)4)14-5-9(16)6-14/h7-9,16H,5-6H2,1-4H3. The molecule has 0 saturated carbocycles. The number of aromatic nitrogens is 3. The lowest BCUT2D eigenvalue weighted by Crippen LogP contribution is -2.51. The number of rotatable bonds is 3. The third-order valence-electron chi connectivity index (χ3n) is 2.80. The number of aliphatic hydroxyl groups excluding tert-OH is 1. The van der Waals surface area contributed by atoms with E-state index in [0.717, 1.165) is 11.8 Å². The van der Waals surface area contributed by atoms with Crippen LogP contribution < -0.4 is 4.90 Å². The van der Waals surface area contributed by atoms with Crippen LogP contribution in [0.5, 0.6) is 0 Å². The van der Waals surface area contributed by atoms with Gasteiger partial charge in [-0.25, -0.2) is 4.68 Å². The van der Waals surface area contributed by atoms with E-state index in [1.807, 2.05) is 9.58 Å². The molecule has 0 aromatic carbocycles. The quantitative estimate of drug-likeness (QED) is 0.837. The Morgan fingerprint density at radius 2 is 1.88 bits per heavy atom. The van der Waals surface area contributed by atoms with E-state index in [9.17, 15) is 5.11 Å². The Morgan fingerprint density at radius 1 is 1.25 bits per heavy atom. The summed E-state index contributed by atoms with van der Waals surface area (Å²) in [7, 11) is 0. The molecule has 5 heteroatoms. The number of nitrogens with zero attached hydrogens (tertiary/aromatic N) is 4. The molecule has 0 aliphatic carbocycles. The first-order valence-electron chi connectivity index (χ1n) is 5.88. The van der Waals surface area contributed by atoms with Crippen molar-refractivity contribution in [1.82, 2.24) is 14.8 Å². The number of β-amino-alcohol motifs (C(OH)–C–C–N with tert-alkyl or cyclic N) is 1. The highest BCUT2D eigenvalue weighted by molar-refractivity contribution is 5.34. The number of anilines is 1. The third-order valence-corrected chi connectivity index (χ3v) is 2.80. The molecule has 0 spiro atoms. The van der Waals surface area contributed by atoms with Crippen LogP contribution in [0.3, 0.4) is 0 Å². The number of aliphatic hydroxyl groups is 1. The van der Waals surface area contributed by atoms with Crippen LogP contribution in [0.25, 0.3) is 0 Å². The van der Waals surface area contributed by atoms with Crippen LogP contribution in [-0.2, 0) is 0 Å². The molecule has 1 fully saturated rings. The summed E-state index contributed by atoms with van der Waals surface area (Å²) in [5, 5.41) is 13.8. The van der Waals surface area contributed by atoms with Gasteiger partial charge in [0.1, 0.15) is 5.82 Å². The molecule has 1 aliphatic heterocycles. The second-order valence-corrected chi connectivity index (χ2v) is 5.02. The van der Waals surface area contributed by atoms with Crippen molar-refractivity contribution >= 4 is 5.95 Å². The Hall–Kier alpha value is -1.10. The molecule has 2 heterocycles. The molecule has 0 unspecified atom stereocenters. The Morgan fingerprint density at radius 3 is 2.25 bits per heavy atom. The molecule has 90 valence electrons. The molecule has 0 radical (unpaired) electrons. The highest BCUT2D eigenvalue weighted by Crippen LogP contribution is 2.23. The second kappa shape index (κ2) is 4.05. The van der Waals surface area contributed by atoms with E-state index >= 15 is 0 Å². The fraction of sp³-hybridized carbons (Fsp3) is 0.818. The van der Waals surface area contributed by atoms with Crippen molar-refractivity contribution in [3.8, 4) is 0 Å². The van der Waals surface area contributed by atoms with Crippen molar-refractivity contribution in [2.75, 3.05) is 18.0 Å². The minimum atomic E-state index is -0.214. The second-order valence-electron chi connectivity index (χ2n) is 5.02. The summed E-state index contributed by atoms with van der Waals surface area (Å²) in [5.41, 5.74) is 0. The topological polar surface area (TPSA) is 54.2 Å². The molecule has 1 aliphatic rings. The minimum Gasteiger partial charge on any atom is -0.389 e. The van der Waals surface area contributed by atoms with Crippen molar-refractivity contribution in [2.24, 2.45) is 0 Å². The van der Waals surface area contributed by atoms with Crippen LogP contribution in [0.4, 0.5) is 5.95 Å². The highest BCUT2D eigenvalue weighted by Gasteiger charge is 2.29. The zero-order valence-electron chi connectivity index (χ0n) is 10.4. The molecule has 0 bridgehead atoms. The summed E-state index contributed by atoms with van der Waals surface area (Å²) in [6.07, 6.45) is -0.214. The molecule has 1 aromatic heterocycles. The maximum Gasteiger partial charge on any atom is 0.245 e. The summed E-state index contributed by atoms with van der Waals surface area (Å²) in [4.78, 5) is 6.56. The summed E-state index contributed by atoms with van der Waals surface area (Å²) in [6.45, 7) is 9.76. The van der Waals surface area contributed by atoms with Gasteiger partial charge >= 0.3 is 0 Å². The van der Waals surface area contributed by atoms with Gasteiger partial charge in [-0.05, 0) is 13.8 Å². The average molecular weight is 224 g/mol. The predicted molar refractivity (Wildman–Crippen MR) is 62.7 cm³/mol. The maximum atomic E-state index is 9.27. The van der Waals surface area contributed by atoms with Gasteiger partial charge in [0.25, 0.3) is 0 Å². The zero-order valence-corrected chi connectivity index (χ0v) is 10.4. The lowest BCUT2D eigenvalue weighted by Gasteiger charge is -2.34. The molecule has 2 rings (SSSR count). The number of hydrogen-bond acceptors (Lipinski definition) is 4. The fourth-order valence-electron chi connectivity index (χ4n) is 1.85. The number of hydrogen-bond donors (Lipinski definition) is 1. The van der Waals surface area contributed by atoms with E-state index in [4.69, 9.17) is 0 Å². The summed E-state index contributed by atoms with van der Waals surface area (Å²) < 4.78 is 1.98. The van der Waals surface area contributed by atoms with Gasteiger partial charge in [-0.15, -0.1) is 5.10 Å². The smallest absolute Gasteiger partial charge is 0.245 e. The first kappa shape index (κ1) is 11.4. The van der Waals surface area contributed by atoms with Crippen molar-refractivity contribution < 1.29 is 5.11 Å². The molecule has 0 amide bonds. The molecule has 1 aromatic rings. The van der Waals surface area contributed by atoms with Crippen LogP contribution >= 0.6 is 0 Å². The summed E-state index contributed by atoms with van der Waals surface area (Å²) in [5.74, 6) is 2.14. The Bertz CT molecular complexity index is 341. The first-order valence-corrected chi connectivity index (χ1v) is 5.88. The summed E-state index contributed by atoms with van der Waals surface area (Å²) in [6, 6.07) is 0.324. The van der Waals surface area contributed by atoms with Gasteiger partial charge in [-0.2, -0.15) is 4.98 Å². The van der Waals surface area contributed by atoms with Crippen molar-refractivity contribution in [2.45, 2.75) is 45.8 Å². The van der Waals surface area contributed by atoms with Crippen molar-refractivity contribution in [3.63, 3.8) is 0 Å².